The van der Waals surface area contributed by atoms with Crippen LogP contribution >= 0.6 is 0 Å². The summed E-state index contributed by atoms with van der Waals surface area (Å²) in [6.45, 7) is 9.87. The summed E-state index contributed by atoms with van der Waals surface area (Å²) in [6, 6.07) is 18.3. The molecule has 0 spiro atoms. The molecule has 4 aliphatic rings. The predicted molar refractivity (Wildman–Crippen MR) is 164 cm³/mol. The van der Waals surface area contributed by atoms with E-state index in [9.17, 15) is 0 Å². The van der Waals surface area contributed by atoms with Crippen LogP contribution in [0.4, 0.5) is 0 Å². The molecular formula is C38H42Cl2Zr. The van der Waals surface area contributed by atoms with Gasteiger partial charge in [0.15, 0.2) is 0 Å². The fourth-order valence-corrected chi connectivity index (χ4v) is 16.1. The van der Waals surface area contributed by atoms with E-state index < -0.39 is 23.2 Å². The average Bonchev–Trinajstić information content (AvgIpc) is 3.79. The van der Waals surface area contributed by atoms with Gasteiger partial charge in [-0.05, 0) is 0 Å². The first kappa shape index (κ1) is 32.3. The Hall–Kier alpha value is -1.66. The van der Waals surface area contributed by atoms with E-state index in [1.54, 1.807) is 0 Å². The second kappa shape index (κ2) is 12.5. The van der Waals surface area contributed by atoms with Crippen LogP contribution in [0.2, 0.25) is 6.25 Å². The van der Waals surface area contributed by atoms with Gasteiger partial charge >= 0.3 is 249 Å². The van der Waals surface area contributed by atoms with Crippen LogP contribution in [-0.2, 0) is 23.2 Å². The van der Waals surface area contributed by atoms with Crippen molar-refractivity contribution >= 4 is 12.2 Å². The Morgan fingerprint density at radius 1 is 0.561 bits per heavy atom. The second-order valence-electron chi connectivity index (χ2n) is 12.0. The zero-order valence-corrected chi connectivity index (χ0v) is 28.8. The zero-order valence-electron chi connectivity index (χ0n) is 24.8. The molecule has 6 rings (SSSR count). The summed E-state index contributed by atoms with van der Waals surface area (Å²) in [4.78, 5) is 0. The monoisotopic (exact) mass is 658 g/mol. The van der Waals surface area contributed by atoms with Crippen molar-refractivity contribution in [2.24, 2.45) is 10.8 Å². The van der Waals surface area contributed by atoms with Crippen LogP contribution in [-0.4, -0.2) is 0 Å². The summed E-state index contributed by atoms with van der Waals surface area (Å²) in [7, 11) is 0. The minimum Gasteiger partial charge on any atom is -1.00 e. The number of benzene rings is 2. The summed E-state index contributed by atoms with van der Waals surface area (Å²) in [6.07, 6.45) is 34.8. The minimum atomic E-state index is -1.21. The summed E-state index contributed by atoms with van der Waals surface area (Å²) in [5, 5.41) is 0. The van der Waals surface area contributed by atoms with Gasteiger partial charge in [0, 0.05) is 0 Å². The van der Waals surface area contributed by atoms with E-state index >= 15 is 0 Å². The number of halogens is 2. The maximum absolute atomic E-state index is 2.66. The van der Waals surface area contributed by atoms with E-state index in [4.69, 9.17) is 0 Å². The first-order chi connectivity index (χ1) is 19.0. The fraction of sp³-hybridized carbons (Fsp3) is 0.368. The van der Waals surface area contributed by atoms with E-state index in [0.717, 1.165) is 0 Å². The topological polar surface area (TPSA) is 0 Å². The third kappa shape index (κ3) is 4.65. The molecule has 4 aliphatic carbocycles. The van der Waals surface area contributed by atoms with Crippen molar-refractivity contribution in [3.63, 3.8) is 0 Å². The van der Waals surface area contributed by atoms with Crippen LogP contribution < -0.4 is 24.8 Å². The van der Waals surface area contributed by atoms with E-state index in [2.05, 4.69) is 149 Å². The Morgan fingerprint density at radius 2 is 0.902 bits per heavy atom. The van der Waals surface area contributed by atoms with Crippen molar-refractivity contribution in [1.29, 1.82) is 0 Å². The Bertz CT molecular complexity index is 1280. The van der Waals surface area contributed by atoms with Crippen molar-refractivity contribution in [2.45, 2.75) is 71.5 Å². The van der Waals surface area contributed by atoms with Gasteiger partial charge in [0.1, 0.15) is 0 Å². The van der Waals surface area contributed by atoms with Crippen molar-refractivity contribution in [3.8, 4) is 0 Å². The maximum atomic E-state index is 2.66. The molecule has 0 aromatic heterocycles. The van der Waals surface area contributed by atoms with E-state index in [-0.39, 0.29) is 41.9 Å². The van der Waals surface area contributed by atoms with Crippen molar-refractivity contribution in [1.82, 2.24) is 0 Å². The third-order valence-electron chi connectivity index (χ3n) is 11.0. The molecule has 0 fully saturated rings. The fourth-order valence-electron chi connectivity index (χ4n) is 8.89. The molecule has 2 atom stereocenters. The molecule has 212 valence electrons. The Balaban J connectivity index is 0.00000194. The third-order valence-corrected chi connectivity index (χ3v) is 17.2. The molecule has 0 heterocycles. The SMILES string of the molecule is CCC(CC)(C1C=Cc2ccccc21)[C]1([Zr+2][C]2(C(CC)(CC)C3C=Cc4ccccc43)C=CC=C2)C=CC=C1.[Cl-].[Cl-]. The predicted octanol–water partition coefficient (Wildman–Crippen LogP) is 4.88. The van der Waals surface area contributed by atoms with E-state index in [1.165, 1.54) is 47.9 Å². The smallest absolute Gasteiger partial charge is 1.00 e. The molecule has 2 aromatic rings. The van der Waals surface area contributed by atoms with Gasteiger partial charge in [-0.3, -0.25) is 0 Å². The number of allylic oxidation sites excluding steroid dienone is 10. The molecule has 2 unspecified atom stereocenters. The van der Waals surface area contributed by atoms with Gasteiger partial charge in [0.05, 0.1) is 0 Å². The summed E-state index contributed by atoms with van der Waals surface area (Å²) >= 11 is -1.21. The molecular weight excluding hydrogens is 619 g/mol. The van der Waals surface area contributed by atoms with Crippen LogP contribution in [0.15, 0.2) is 109 Å². The molecule has 41 heavy (non-hydrogen) atoms. The number of hydrogen-bond donors (Lipinski definition) is 0. The largest absolute Gasteiger partial charge is 1.00 e. The van der Waals surface area contributed by atoms with Crippen LogP contribution in [0.25, 0.3) is 12.2 Å². The number of fused-ring (bicyclic) bond motifs is 2. The molecule has 0 nitrogen and oxygen atoms in total. The summed E-state index contributed by atoms with van der Waals surface area (Å²) in [5.74, 6) is 0.904. The summed E-state index contributed by atoms with van der Waals surface area (Å²) < 4.78 is 0.255. The molecule has 0 aliphatic heterocycles. The Labute approximate surface area is 272 Å². The van der Waals surface area contributed by atoms with Gasteiger partial charge in [-0.15, -0.1) is 0 Å². The van der Waals surface area contributed by atoms with Gasteiger partial charge in [-0.1, -0.05) is 0 Å². The Morgan fingerprint density at radius 3 is 1.24 bits per heavy atom. The van der Waals surface area contributed by atoms with Gasteiger partial charge in [-0.2, -0.15) is 0 Å². The second-order valence-corrected chi connectivity index (χ2v) is 16.6. The number of hydrogen-bond acceptors (Lipinski definition) is 0. The van der Waals surface area contributed by atoms with Crippen LogP contribution in [0.1, 0.15) is 87.5 Å². The molecule has 0 N–H and O–H groups in total. The Kier molecular flexibility index (Phi) is 9.85. The molecule has 0 radical (unpaired) electrons. The van der Waals surface area contributed by atoms with Crippen molar-refractivity contribution < 1.29 is 48.0 Å². The average molecular weight is 661 g/mol. The molecule has 3 heteroatoms. The summed E-state index contributed by atoms with van der Waals surface area (Å²) in [5.41, 5.74) is 6.23. The molecule has 0 saturated carbocycles. The molecule has 0 bridgehead atoms. The first-order valence-electron chi connectivity index (χ1n) is 15.1. The quantitative estimate of drug-likeness (QED) is 0.341. The van der Waals surface area contributed by atoms with Gasteiger partial charge < -0.3 is 24.8 Å². The van der Waals surface area contributed by atoms with Crippen LogP contribution in [0.3, 0.4) is 0 Å². The molecule has 2 aromatic carbocycles. The van der Waals surface area contributed by atoms with Crippen LogP contribution in [0.5, 0.6) is 0 Å². The first-order valence-corrected chi connectivity index (χ1v) is 17.6. The molecule has 0 saturated heterocycles. The van der Waals surface area contributed by atoms with E-state index in [0.29, 0.717) is 11.8 Å². The van der Waals surface area contributed by atoms with Crippen molar-refractivity contribution in [3.05, 3.63) is 132 Å². The zero-order chi connectivity index (χ0) is 27.1. The van der Waals surface area contributed by atoms with Crippen molar-refractivity contribution in [2.75, 3.05) is 0 Å². The van der Waals surface area contributed by atoms with Crippen LogP contribution in [0, 0.1) is 10.8 Å². The standard InChI is InChI=1S/2C19H21.2ClH.Zr/c2*1-3-19(4-2,16-10-6-7-11-16)18-14-13-15-9-5-8-12-17(15)18;;;/h2*5-14,18H,3-4H2,1-2H3;2*1H;/q;;;;+2/p-2. The van der Waals surface area contributed by atoms with E-state index in [1.807, 2.05) is 0 Å². The normalized spacial score (nSPS) is 21.9. The number of rotatable bonds is 10. The molecule has 0 amide bonds. The maximum Gasteiger partial charge on any atom is -1.00 e. The van der Waals surface area contributed by atoms with Gasteiger partial charge in [0.25, 0.3) is 0 Å². The van der Waals surface area contributed by atoms with Gasteiger partial charge in [-0.25, -0.2) is 0 Å². The minimum absolute atomic E-state index is 0. The van der Waals surface area contributed by atoms with Gasteiger partial charge in [0.2, 0.25) is 0 Å².